The molecule has 1 heterocycles. The number of methoxy groups -OCH3 is 1. The van der Waals surface area contributed by atoms with E-state index < -0.39 is 0 Å². The number of nitrogens with one attached hydrogen (secondary N) is 1. The maximum absolute atomic E-state index is 12.4. The van der Waals surface area contributed by atoms with Crippen LogP contribution in [0.25, 0.3) is 6.08 Å². The molecule has 0 aromatic carbocycles. The van der Waals surface area contributed by atoms with Gasteiger partial charge in [0.05, 0.1) is 12.7 Å². The van der Waals surface area contributed by atoms with Crippen LogP contribution in [0.4, 0.5) is 0 Å². The largest absolute Gasteiger partial charge is 0.393 e. The maximum atomic E-state index is 12.4. The van der Waals surface area contributed by atoms with Gasteiger partial charge in [-0.3, -0.25) is 4.79 Å². The summed E-state index contributed by atoms with van der Waals surface area (Å²) in [6.45, 7) is 5.32. The summed E-state index contributed by atoms with van der Waals surface area (Å²) in [7, 11) is 1.66. The average Bonchev–Trinajstić information content (AvgIpc) is 2.86. The van der Waals surface area contributed by atoms with E-state index >= 15 is 0 Å². The van der Waals surface area contributed by atoms with Crippen molar-refractivity contribution in [3.63, 3.8) is 0 Å². The first-order valence-electron chi connectivity index (χ1n) is 8.72. The third-order valence-corrected chi connectivity index (χ3v) is 4.83. The van der Waals surface area contributed by atoms with E-state index in [1.165, 1.54) is 0 Å². The van der Waals surface area contributed by atoms with Crippen LogP contribution in [0.1, 0.15) is 42.6 Å². The molecule has 2 N–H and O–H groups in total. The minimum Gasteiger partial charge on any atom is -0.393 e. The molecule has 6 nitrogen and oxygen atoms in total. The van der Waals surface area contributed by atoms with Crippen molar-refractivity contribution in [2.45, 2.75) is 58.2 Å². The quantitative estimate of drug-likeness (QED) is 0.610. The predicted molar refractivity (Wildman–Crippen MR) is 95.8 cm³/mol. The summed E-state index contributed by atoms with van der Waals surface area (Å²) in [5.41, 5.74) is 3.06. The van der Waals surface area contributed by atoms with Crippen LogP contribution in [0.15, 0.2) is 11.6 Å². The van der Waals surface area contributed by atoms with Gasteiger partial charge in [-0.25, -0.2) is 0 Å². The molecule has 0 bridgehead atoms. The lowest BCUT2D eigenvalue weighted by Crippen LogP contribution is -2.39. The highest BCUT2D eigenvalue weighted by molar-refractivity contribution is 6.02. The molecule has 0 atom stereocenters. The van der Waals surface area contributed by atoms with Crippen LogP contribution in [-0.4, -0.2) is 41.4 Å². The SMILES string of the molecule is COCCn1c(C)cc(C=C(C#N)C(=O)NC2CCC(O)CC2)c1C. The number of amides is 1. The summed E-state index contributed by atoms with van der Waals surface area (Å²) in [5, 5.41) is 21.9. The fourth-order valence-corrected chi connectivity index (χ4v) is 3.29. The lowest BCUT2D eigenvalue weighted by atomic mass is 9.93. The van der Waals surface area contributed by atoms with Crippen molar-refractivity contribution >= 4 is 12.0 Å². The molecule has 0 aliphatic heterocycles. The fraction of sp³-hybridized carbons (Fsp3) is 0.579. The molecule has 1 aliphatic carbocycles. The van der Waals surface area contributed by atoms with Crippen LogP contribution in [0.3, 0.4) is 0 Å². The van der Waals surface area contributed by atoms with Gasteiger partial charge in [0, 0.05) is 31.1 Å². The molecule has 25 heavy (non-hydrogen) atoms. The Morgan fingerprint density at radius 3 is 2.72 bits per heavy atom. The molecule has 0 saturated heterocycles. The lowest BCUT2D eigenvalue weighted by Gasteiger charge is -2.26. The van der Waals surface area contributed by atoms with E-state index in [2.05, 4.69) is 9.88 Å². The minimum atomic E-state index is -0.342. The van der Waals surface area contributed by atoms with Gasteiger partial charge in [-0.2, -0.15) is 5.26 Å². The molecule has 1 saturated carbocycles. The van der Waals surface area contributed by atoms with Gasteiger partial charge in [0.2, 0.25) is 0 Å². The molecule has 1 fully saturated rings. The molecule has 136 valence electrons. The summed E-state index contributed by atoms with van der Waals surface area (Å²) >= 11 is 0. The van der Waals surface area contributed by atoms with Gasteiger partial charge < -0.3 is 19.7 Å². The molecule has 1 aromatic heterocycles. The Labute approximate surface area is 149 Å². The number of rotatable bonds is 6. The Morgan fingerprint density at radius 1 is 1.44 bits per heavy atom. The number of carbonyl (C=O) groups excluding carboxylic acids is 1. The first-order chi connectivity index (χ1) is 12.0. The zero-order chi connectivity index (χ0) is 18.4. The van der Waals surface area contributed by atoms with Crippen LogP contribution in [0, 0.1) is 25.2 Å². The van der Waals surface area contributed by atoms with Crippen molar-refractivity contribution < 1.29 is 14.6 Å². The Bertz CT molecular complexity index is 677. The van der Waals surface area contributed by atoms with Gasteiger partial charge in [0.15, 0.2) is 0 Å². The second kappa shape index (κ2) is 8.84. The van der Waals surface area contributed by atoms with Gasteiger partial charge in [-0.05, 0) is 57.2 Å². The van der Waals surface area contributed by atoms with E-state index in [9.17, 15) is 15.2 Å². The normalized spacial score (nSPS) is 21.0. The minimum absolute atomic E-state index is 0.0294. The molecule has 0 unspecified atom stereocenters. The number of aliphatic hydroxyl groups excluding tert-OH is 1. The lowest BCUT2D eigenvalue weighted by molar-refractivity contribution is -0.118. The number of ether oxygens (including phenoxy) is 1. The van der Waals surface area contributed by atoms with Gasteiger partial charge in [0.1, 0.15) is 11.6 Å². The van der Waals surface area contributed by atoms with Crippen molar-refractivity contribution in [3.05, 3.63) is 28.6 Å². The third-order valence-electron chi connectivity index (χ3n) is 4.83. The van der Waals surface area contributed by atoms with E-state index in [-0.39, 0.29) is 23.6 Å². The molecule has 1 aromatic rings. The first kappa shape index (κ1) is 19.2. The number of aromatic nitrogens is 1. The van der Waals surface area contributed by atoms with E-state index in [1.54, 1.807) is 13.2 Å². The summed E-state index contributed by atoms with van der Waals surface area (Å²) < 4.78 is 7.24. The van der Waals surface area contributed by atoms with E-state index in [4.69, 9.17) is 4.74 Å². The number of aryl methyl sites for hydroxylation is 1. The molecular formula is C19H27N3O3. The van der Waals surface area contributed by atoms with Crippen LogP contribution >= 0.6 is 0 Å². The summed E-state index contributed by atoms with van der Waals surface area (Å²) in [5.74, 6) is -0.342. The molecule has 1 amide bonds. The average molecular weight is 345 g/mol. The number of hydrogen-bond acceptors (Lipinski definition) is 4. The number of nitriles is 1. The Kier molecular flexibility index (Phi) is 6.80. The predicted octanol–water partition coefficient (Wildman–Crippen LogP) is 2.08. The highest BCUT2D eigenvalue weighted by atomic mass is 16.5. The van der Waals surface area contributed by atoms with Gasteiger partial charge in [-0.15, -0.1) is 0 Å². The van der Waals surface area contributed by atoms with Crippen LogP contribution in [0.5, 0.6) is 0 Å². The van der Waals surface area contributed by atoms with Gasteiger partial charge >= 0.3 is 0 Å². The number of nitrogens with zero attached hydrogens (tertiary/aromatic N) is 2. The summed E-state index contributed by atoms with van der Waals surface area (Å²) in [6, 6.07) is 4.02. The summed E-state index contributed by atoms with van der Waals surface area (Å²) in [4.78, 5) is 12.4. The number of hydrogen-bond donors (Lipinski definition) is 2. The van der Waals surface area contributed by atoms with Crippen LogP contribution in [0.2, 0.25) is 0 Å². The van der Waals surface area contributed by atoms with Crippen molar-refractivity contribution in [2.24, 2.45) is 0 Å². The van der Waals surface area contributed by atoms with Crippen molar-refractivity contribution in [2.75, 3.05) is 13.7 Å². The monoisotopic (exact) mass is 345 g/mol. The van der Waals surface area contributed by atoms with E-state index in [0.29, 0.717) is 19.4 Å². The molecule has 0 spiro atoms. The highest BCUT2D eigenvalue weighted by Crippen LogP contribution is 2.20. The summed E-state index contributed by atoms with van der Waals surface area (Å²) in [6.07, 6.45) is 4.26. The molecular weight excluding hydrogens is 318 g/mol. The molecule has 1 aliphatic rings. The zero-order valence-electron chi connectivity index (χ0n) is 15.2. The molecule has 2 rings (SSSR count). The number of carbonyl (C=O) groups is 1. The zero-order valence-corrected chi connectivity index (χ0v) is 15.2. The van der Waals surface area contributed by atoms with Crippen molar-refractivity contribution in [1.29, 1.82) is 5.26 Å². The maximum Gasteiger partial charge on any atom is 0.262 e. The fourth-order valence-electron chi connectivity index (χ4n) is 3.29. The first-order valence-corrected chi connectivity index (χ1v) is 8.72. The van der Waals surface area contributed by atoms with Crippen molar-refractivity contribution in [3.8, 4) is 6.07 Å². The van der Waals surface area contributed by atoms with Gasteiger partial charge in [-0.1, -0.05) is 0 Å². The Morgan fingerprint density at radius 2 is 2.12 bits per heavy atom. The molecule has 6 heteroatoms. The van der Waals surface area contributed by atoms with Crippen LogP contribution < -0.4 is 5.32 Å². The smallest absolute Gasteiger partial charge is 0.262 e. The standard InChI is InChI=1S/C19H27N3O3/c1-13-10-15(14(2)22(13)8-9-25-3)11-16(12-20)19(24)21-17-4-6-18(23)7-5-17/h10-11,17-18,23H,4-9H2,1-3H3,(H,21,24). The van der Waals surface area contributed by atoms with Gasteiger partial charge in [0.25, 0.3) is 5.91 Å². The Balaban J connectivity index is 2.11. The van der Waals surface area contributed by atoms with Crippen molar-refractivity contribution in [1.82, 2.24) is 9.88 Å². The van der Waals surface area contributed by atoms with Crippen LogP contribution in [-0.2, 0) is 16.1 Å². The highest BCUT2D eigenvalue weighted by Gasteiger charge is 2.22. The second-order valence-corrected chi connectivity index (χ2v) is 6.62. The topological polar surface area (TPSA) is 87.3 Å². The molecule has 0 radical (unpaired) electrons. The number of aliphatic hydroxyl groups is 1. The Hall–Kier alpha value is -2.10. The van der Waals surface area contributed by atoms with E-state index in [1.807, 2.05) is 26.0 Å². The third kappa shape index (κ3) is 4.94. The van der Waals surface area contributed by atoms with E-state index in [0.717, 1.165) is 36.3 Å². The second-order valence-electron chi connectivity index (χ2n) is 6.62.